The second-order valence-corrected chi connectivity index (χ2v) is 8.57. The fraction of sp³-hybridized carbons (Fsp3) is 0.458. The molecule has 3 aromatic rings. The molecule has 4 rings (SSSR count). The molecule has 1 saturated heterocycles. The molecule has 3 N–H and O–H groups in total. The number of anilines is 2. The molecule has 0 amide bonds. The average Bonchev–Trinajstić information content (AvgIpc) is 3.24. The van der Waals surface area contributed by atoms with Gasteiger partial charge in [0.1, 0.15) is 11.2 Å². The largest absolute Gasteiger partial charge is 0.368 e. The lowest BCUT2D eigenvalue weighted by Crippen LogP contribution is -2.24. The van der Waals surface area contributed by atoms with Gasteiger partial charge in [0, 0.05) is 18.8 Å². The number of hydrogen-bond donors (Lipinski definition) is 2. The summed E-state index contributed by atoms with van der Waals surface area (Å²) in [7, 11) is 0. The molecular weight excluding hydrogens is 388 g/mol. The molecule has 1 aliphatic rings. The summed E-state index contributed by atoms with van der Waals surface area (Å²) in [5.74, 6) is 0.688. The van der Waals surface area contributed by atoms with E-state index in [0.717, 1.165) is 24.9 Å². The molecule has 7 nitrogen and oxygen atoms in total. The molecule has 0 spiro atoms. The standard InChI is InChI=1S/C24H32N6O/c1-3-6-17(2)26-22-21-20(27-24(25)28-22)11-14-30(23(21)31)16-19-9-7-18(8-10-19)15-29-12-4-5-13-29/h7-11,14,17H,3-6,12-13,15-16H2,1-2H3,(H3,25,26,27,28). The van der Waals surface area contributed by atoms with E-state index in [-0.39, 0.29) is 17.5 Å². The van der Waals surface area contributed by atoms with Crippen LogP contribution >= 0.6 is 0 Å². The van der Waals surface area contributed by atoms with Gasteiger partial charge in [-0.2, -0.15) is 4.98 Å². The summed E-state index contributed by atoms with van der Waals surface area (Å²) >= 11 is 0. The molecular formula is C24H32N6O. The van der Waals surface area contributed by atoms with Crippen molar-refractivity contribution >= 4 is 22.7 Å². The van der Waals surface area contributed by atoms with Crippen LogP contribution in [0.25, 0.3) is 10.9 Å². The molecule has 1 aromatic carbocycles. The Balaban J connectivity index is 1.58. The maximum Gasteiger partial charge on any atom is 0.264 e. The van der Waals surface area contributed by atoms with E-state index < -0.39 is 0 Å². The van der Waals surface area contributed by atoms with Gasteiger partial charge in [0.2, 0.25) is 5.95 Å². The Morgan fingerprint density at radius 1 is 1.06 bits per heavy atom. The molecule has 1 fully saturated rings. The van der Waals surface area contributed by atoms with Crippen molar-refractivity contribution in [1.82, 2.24) is 19.4 Å². The van der Waals surface area contributed by atoms with Crippen LogP contribution in [0.2, 0.25) is 0 Å². The van der Waals surface area contributed by atoms with E-state index >= 15 is 0 Å². The third kappa shape index (κ3) is 5.05. The number of benzene rings is 1. The lowest BCUT2D eigenvalue weighted by molar-refractivity contribution is 0.331. The van der Waals surface area contributed by atoms with Crippen LogP contribution in [0.5, 0.6) is 0 Å². The molecule has 7 heteroatoms. The van der Waals surface area contributed by atoms with Crippen LogP contribution in [-0.4, -0.2) is 38.6 Å². The van der Waals surface area contributed by atoms with Gasteiger partial charge in [-0.3, -0.25) is 9.69 Å². The molecule has 1 atom stereocenters. The first-order valence-corrected chi connectivity index (χ1v) is 11.3. The van der Waals surface area contributed by atoms with Crippen LogP contribution in [0, 0.1) is 0 Å². The number of nitrogen functional groups attached to an aromatic ring is 1. The van der Waals surface area contributed by atoms with Gasteiger partial charge in [-0.25, -0.2) is 4.98 Å². The van der Waals surface area contributed by atoms with Crippen LogP contribution in [0.1, 0.15) is 50.7 Å². The van der Waals surface area contributed by atoms with Gasteiger partial charge in [0.25, 0.3) is 5.56 Å². The number of likely N-dealkylation sites (tertiary alicyclic amines) is 1. The van der Waals surface area contributed by atoms with Crippen LogP contribution in [0.15, 0.2) is 41.3 Å². The van der Waals surface area contributed by atoms with Crippen molar-refractivity contribution in [2.75, 3.05) is 24.1 Å². The predicted molar refractivity (Wildman–Crippen MR) is 126 cm³/mol. The second-order valence-electron chi connectivity index (χ2n) is 8.57. The third-order valence-electron chi connectivity index (χ3n) is 5.93. The molecule has 31 heavy (non-hydrogen) atoms. The first kappa shape index (κ1) is 21.3. The first-order valence-electron chi connectivity index (χ1n) is 11.3. The molecule has 3 heterocycles. The maximum absolute atomic E-state index is 13.3. The number of nitrogens with zero attached hydrogens (tertiary/aromatic N) is 4. The van der Waals surface area contributed by atoms with Gasteiger partial charge < -0.3 is 15.6 Å². The molecule has 1 unspecified atom stereocenters. The zero-order chi connectivity index (χ0) is 21.8. The molecule has 0 aliphatic carbocycles. The van der Waals surface area contributed by atoms with E-state index in [1.165, 1.54) is 31.5 Å². The average molecular weight is 421 g/mol. The number of rotatable bonds is 8. The van der Waals surface area contributed by atoms with Crippen molar-refractivity contribution in [3.8, 4) is 0 Å². The monoisotopic (exact) mass is 420 g/mol. The number of aromatic nitrogens is 3. The van der Waals surface area contributed by atoms with Gasteiger partial charge in [-0.15, -0.1) is 0 Å². The minimum Gasteiger partial charge on any atom is -0.368 e. The van der Waals surface area contributed by atoms with E-state index in [4.69, 9.17) is 5.73 Å². The van der Waals surface area contributed by atoms with Crippen molar-refractivity contribution in [3.63, 3.8) is 0 Å². The van der Waals surface area contributed by atoms with E-state index in [1.807, 2.05) is 6.07 Å². The van der Waals surface area contributed by atoms with Gasteiger partial charge in [-0.1, -0.05) is 37.6 Å². The van der Waals surface area contributed by atoms with Gasteiger partial charge >= 0.3 is 0 Å². The topological polar surface area (TPSA) is 89.1 Å². The molecule has 2 aromatic heterocycles. The zero-order valence-electron chi connectivity index (χ0n) is 18.5. The Kier molecular flexibility index (Phi) is 6.51. The second kappa shape index (κ2) is 9.47. The summed E-state index contributed by atoms with van der Waals surface area (Å²) in [6.45, 7) is 8.10. The van der Waals surface area contributed by atoms with Crippen molar-refractivity contribution in [2.45, 2.75) is 58.7 Å². The fourth-order valence-corrected chi connectivity index (χ4v) is 4.31. The number of hydrogen-bond acceptors (Lipinski definition) is 6. The highest BCUT2D eigenvalue weighted by Crippen LogP contribution is 2.20. The Bertz CT molecular complexity index is 1090. The lowest BCUT2D eigenvalue weighted by atomic mass is 10.1. The SMILES string of the molecule is CCCC(C)Nc1nc(N)nc2ccn(Cc3ccc(CN4CCCC4)cc3)c(=O)c12. The third-order valence-corrected chi connectivity index (χ3v) is 5.93. The highest BCUT2D eigenvalue weighted by atomic mass is 16.1. The van der Waals surface area contributed by atoms with Gasteiger partial charge in [0.05, 0.1) is 12.1 Å². The normalized spacial score (nSPS) is 15.4. The van der Waals surface area contributed by atoms with Gasteiger partial charge in [-0.05, 0) is 56.5 Å². The predicted octanol–water partition coefficient (Wildman–Crippen LogP) is 3.62. The number of fused-ring (bicyclic) bond motifs is 1. The molecule has 0 radical (unpaired) electrons. The highest BCUT2D eigenvalue weighted by Gasteiger charge is 2.15. The number of nitrogens with one attached hydrogen (secondary N) is 1. The van der Waals surface area contributed by atoms with Crippen molar-refractivity contribution in [3.05, 3.63) is 58.0 Å². The van der Waals surface area contributed by atoms with Crippen molar-refractivity contribution < 1.29 is 0 Å². The van der Waals surface area contributed by atoms with E-state index in [0.29, 0.717) is 23.3 Å². The molecule has 1 aliphatic heterocycles. The van der Waals surface area contributed by atoms with Crippen molar-refractivity contribution in [2.24, 2.45) is 0 Å². The highest BCUT2D eigenvalue weighted by molar-refractivity contribution is 5.89. The molecule has 164 valence electrons. The van der Waals surface area contributed by atoms with E-state index in [1.54, 1.807) is 10.8 Å². The van der Waals surface area contributed by atoms with E-state index in [9.17, 15) is 4.79 Å². The van der Waals surface area contributed by atoms with Crippen LogP contribution in [-0.2, 0) is 13.1 Å². The van der Waals surface area contributed by atoms with Crippen LogP contribution < -0.4 is 16.6 Å². The number of pyridine rings is 1. The van der Waals surface area contributed by atoms with Gasteiger partial charge in [0.15, 0.2) is 0 Å². The molecule has 0 saturated carbocycles. The maximum atomic E-state index is 13.3. The number of nitrogens with two attached hydrogens (primary N) is 1. The first-order chi connectivity index (χ1) is 15.0. The zero-order valence-corrected chi connectivity index (χ0v) is 18.5. The van der Waals surface area contributed by atoms with E-state index in [2.05, 4.69) is 58.3 Å². The minimum absolute atomic E-state index is 0.107. The Morgan fingerprint density at radius 3 is 2.42 bits per heavy atom. The summed E-state index contributed by atoms with van der Waals surface area (Å²) in [4.78, 5) is 24.4. The Labute approximate surface area is 183 Å². The molecule has 0 bridgehead atoms. The Hall–Kier alpha value is -2.93. The lowest BCUT2D eigenvalue weighted by Gasteiger charge is -2.16. The smallest absolute Gasteiger partial charge is 0.264 e. The summed E-state index contributed by atoms with van der Waals surface area (Å²) in [6, 6.07) is 10.6. The minimum atomic E-state index is -0.107. The van der Waals surface area contributed by atoms with Crippen molar-refractivity contribution in [1.29, 1.82) is 0 Å². The summed E-state index contributed by atoms with van der Waals surface area (Å²) in [6.07, 6.45) is 6.41. The Morgan fingerprint density at radius 2 is 1.74 bits per heavy atom. The fourth-order valence-electron chi connectivity index (χ4n) is 4.31. The summed E-state index contributed by atoms with van der Waals surface area (Å²) < 4.78 is 1.72. The quantitative estimate of drug-likeness (QED) is 0.579. The summed E-state index contributed by atoms with van der Waals surface area (Å²) in [5, 5.41) is 3.84. The summed E-state index contributed by atoms with van der Waals surface area (Å²) in [5.41, 5.74) is 8.76. The van der Waals surface area contributed by atoms with Crippen LogP contribution in [0.4, 0.5) is 11.8 Å². The van der Waals surface area contributed by atoms with Crippen LogP contribution in [0.3, 0.4) is 0 Å².